The second-order valence-electron chi connectivity index (χ2n) is 4.85. The van der Waals surface area contributed by atoms with E-state index in [1.54, 1.807) is 13.8 Å². The normalized spacial score (nSPS) is 12.6. The molecule has 0 radical (unpaired) electrons. The summed E-state index contributed by atoms with van der Waals surface area (Å²) in [7, 11) is -3.35. The molecule has 18 heavy (non-hydrogen) atoms. The average molecular weight is 272 g/mol. The molecule has 0 amide bonds. The number of aryl methyl sites for hydroxylation is 1. The molecule has 0 heterocycles. The van der Waals surface area contributed by atoms with Crippen LogP contribution in [0.4, 0.5) is 0 Å². The van der Waals surface area contributed by atoms with Crippen molar-refractivity contribution in [3.05, 3.63) is 35.9 Å². The van der Waals surface area contributed by atoms with Gasteiger partial charge in [-0.25, -0.2) is 19.0 Å². The highest BCUT2D eigenvalue weighted by molar-refractivity contribution is 7.89. The summed E-state index contributed by atoms with van der Waals surface area (Å²) in [5.41, 5.74) is 0.292. The van der Waals surface area contributed by atoms with Gasteiger partial charge in [-0.05, 0) is 25.8 Å². The van der Waals surface area contributed by atoms with Crippen LogP contribution in [0.3, 0.4) is 0 Å². The summed E-state index contributed by atoms with van der Waals surface area (Å²) in [5, 5.41) is 0. The van der Waals surface area contributed by atoms with Crippen LogP contribution in [0.1, 0.15) is 19.4 Å². The molecule has 1 aromatic rings. The number of nitrogens with two attached hydrogens (primary N) is 1. The molecule has 1 aromatic carbocycles. The largest absolute Gasteiger partial charge is 0.303 e. The van der Waals surface area contributed by atoms with Gasteiger partial charge in [0.05, 0.1) is 17.9 Å². The van der Waals surface area contributed by atoms with Crippen LogP contribution < -0.4 is 10.6 Å². The first-order valence-electron chi connectivity index (χ1n) is 5.72. The Morgan fingerprint density at radius 3 is 2.44 bits per heavy atom. The Morgan fingerprint density at radius 1 is 1.28 bits per heavy atom. The van der Waals surface area contributed by atoms with Gasteiger partial charge in [0.1, 0.15) is 0 Å². The molecule has 0 saturated carbocycles. The van der Waals surface area contributed by atoms with Crippen molar-refractivity contribution in [2.24, 2.45) is 5.90 Å². The minimum Gasteiger partial charge on any atom is -0.303 e. The van der Waals surface area contributed by atoms with Crippen molar-refractivity contribution in [3.8, 4) is 0 Å². The molecule has 0 atom stereocenters. The molecule has 0 aliphatic rings. The van der Waals surface area contributed by atoms with Crippen LogP contribution in [-0.2, 0) is 21.3 Å². The maximum absolute atomic E-state index is 11.9. The molecule has 1 rings (SSSR count). The fourth-order valence-corrected chi connectivity index (χ4v) is 3.11. The van der Waals surface area contributed by atoms with E-state index >= 15 is 0 Å². The molecule has 5 nitrogen and oxygen atoms in total. The van der Waals surface area contributed by atoms with E-state index in [0.29, 0.717) is 6.42 Å². The average Bonchev–Trinajstić information content (AvgIpc) is 2.26. The zero-order valence-corrected chi connectivity index (χ0v) is 11.5. The fraction of sp³-hybridized carbons (Fsp3) is 0.500. The summed E-state index contributed by atoms with van der Waals surface area (Å²) < 4.78 is 26.3. The Labute approximate surface area is 108 Å². The number of rotatable bonds is 7. The second-order valence-corrected chi connectivity index (χ2v) is 6.69. The third-order valence-corrected chi connectivity index (χ3v) is 3.98. The van der Waals surface area contributed by atoms with Gasteiger partial charge in [-0.2, -0.15) is 0 Å². The first-order chi connectivity index (χ1) is 8.35. The first-order valence-corrected chi connectivity index (χ1v) is 7.37. The summed E-state index contributed by atoms with van der Waals surface area (Å²) in [4.78, 5) is 4.49. The van der Waals surface area contributed by atoms with Gasteiger partial charge in [0, 0.05) is 0 Å². The van der Waals surface area contributed by atoms with Crippen LogP contribution in [-0.4, -0.2) is 26.3 Å². The molecular formula is C12H20N2O3S. The van der Waals surface area contributed by atoms with Crippen LogP contribution in [0.25, 0.3) is 0 Å². The third-order valence-electron chi connectivity index (χ3n) is 2.38. The highest BCUT2D eigenvalue weighted by Crippen LogP contribution is 2.07. The van der Waals surface area contributed by atoms with Crippen molar-refractivity contribution in [2.75, 3.05) is 12.4 Å². The van der Waals surface area contributed by atoms with Gasteiger partial charge >= 0.3 is 0 Å². The Balaban J connectivity index is 2.55. The zero-order chi connectivity index (χ0) is 13.6. The maximum Gasteiger partial charge on any atom is 0.212 e. The van der Waals surface area contributed by atoms with E-state index in [1.165, 1.54) is 0 Å². The number of benzene rings is 1. The van der Waals surface area contributed by atoms with E-state index in [2.05, 4.69) is 9.56 Å². The smallest absolute Gasteiger partial charge is 0.212 e. The van der Waals surface area contributed by atoms with Crippen LogP contribution in [0.2, 0.25) is 0 Å². The van der Waals surface area contributed by atoms with Gasteiger partial charge in [-0.15, -0.1) is 0 Å². The van der Waals surface area contributed by atoms with Crippen LogP contribution >= 0.6 is 0 Å². The molecule has 0 aliphatic carbocycles. The lowest BCUT2D eigenvalue weighted by molar-refractivity contribution is 0.0929. The van der Waals surface area contributed by atoms with Crippen LogP contribution in [0, 0.1) is 0 Å². The minimum atomic E-state index is -3.35. The Bertz CT molecular complexity index is 457. The van der Waals surface area contributed by atoms with Crippen LogP contribution in [0.5, 0.6) is 0 Å². The van der Waals surface area contributed by atoms with Crippen LogP contribution in [0.15, 0.2) is 30.3 Å². The molecular weight excluding hydrogens is 252 g/mol. The maximum atomic E-state index is 11.9. The van der Waals surface area contributed by atoms with E-state index in [4.69, 9.17) is 5.90 Å². The molecule has 102 valence electrons. The molecule has 0 aromatic heterocycles. The highest BCUT2D eigenvalue weighted by atomic mass is 32.2. The second kappa shape index (κ2) is 6.29. The quantitative estimate of drug-likeness (QED) is 0.720. The molecule has 0 unspecified atom stereocenters. The van der Waals surface area contributed by atoms with E-state index in [9.17, 15) is 8.42 Å². The summed E-state index contributed by atoms with van der Waals surface area (Å²) >= 11 is 0. The lowest BCUT2D eigenvalue weighted by Gasteiger charge is -2.24. The predicted molar refractivity (Wildman–Crippen MR) is 71.3 cm³/mol. The Morgan fingerprint density at radius 2 is 1.89 bits per heavy atom. The van der Waals surface area contributed by atoms with Crippen molar-refractivity contribution < 1.29 is 13.3 Å². The lowest BCUT2D eigenvalue weighted by Crippen LogP contribution is -2.48. The van der Waals surface area contributed by atoms with Gasteiger partial charge in [0.25, 0.3) is 0 Å². The summed E-state index contributed by atoms with van der Waals surface area (Å²) in [6.45, 7) is 3.57. The SMILES string of the molecule is CC(C)(CON)NS(=O)(=O)CCc1ccccc1. The van der Waals surface area contributed by atoms with Gasteiger partial charge in [0.2, 0.25) is 10.0 Å². The van der Waals surface area contributed by atoms with E-state index < -0.39 is 15.6 Å². The molecule has 0 saturated heterocycles. The molecule has 3 N–H and O–H groups in total. The van der Waals surface area contributed by atoms with Crippen molar-refractivity contribution in [3.63, 3.8) is 0 Å². The van der Waals surface area contributed by atoms with Crippen molar-refractivity contribution in [1.29, 1.82) is 0 Å². The molecule has 0 aliphatic heterocycles. The first kappa shape index (κ1) is 15.1. The van der Waals surface area contributed by atoms with Gasteiger partial charge in [-0.3, -0.25) is 0 Å². The standard InChI is InChI=1S/C12H20N2O3S/c1-12(2,10-17-13)14-18(15,16)9-8-11-6-4-3-5-7-11/h3-7,14H,8-10,13H2,1-2H3. The topological polar surface area (TPSA) is 81.4 Å². The Kier molecular flexibility index (Phi) is 5.28. The van der Waals surface area contributed by atoms with Crippen molar-refractivity contribution in [2.45, 2.75) is 25.8 Å². The zero-order valence-electron chi connectivity index (χ0n) is 10.7. The minimum absolute atomic E-state index is 0.0466. The van der Waals surface area contributed by atoms with E-state index in [-0.39, 0.29) is 12.4 Å². The fourth-order valence-electron chi connectivity index (χ4n) is 1.61. The number of hydrogen-bond acceptors (Lipinski definition) is 4. The summed E-state index contributed by atoms with van der Waals surface area (Å²) in [5.74, 6) is 5.01. The number of hydrogen-bond donors (Lipinski definition) is 2. The predicted octanol–water partition coefficient (Wildman–Crippen LogP) is 0.817. The van der Waals surface area contributed by atoms with Gasteiger partial charge in [0.15, 0.2) is 0 Å². The number of nitrogens with one attached hydrogen (secondary N) is 1. The van der Waals surface area contributed by atoms with E-state index in [0.717, 1.165) is 5.56 Å². The molecule has 0 fully saturated rings. The highest BCUT2D eigenvalue weighted by Gasteiger charge is 2.24. The summed E-state index contributed by atoms with van der Waals surface area (Å²) in [6, 6.07) is 9.49. The van der Waals surface area contributed by atoms with Gasteiger partial charge in [-0.1, -0.05) is 30.3 Å². The van der Waals surface area contributed by atoms with E-state index in [1.807, 2.05) is 30.3 Å². The molecule has 0 spiro atoms. The lowest BCUT2D eigenvalue weighted by atomic mass is 10.1. The van der Waals surface area contributed by atoms with Crippen molar-refractivity contribution in [1.82, 2.24) is 4.72 Å². The molecule has 0 bridgehead atoms. The Hall–Kier alpha value is -0.950. The van der Waals surface area contributed by atoms with Crippen molar-refractivity contribution >= 4 is 10.0 Å². The number of sulfonamides is 1. The molecule has 6 heteroatoms. The summed E-state index contributed by atoms with van der Waals surface area (Å²) in [6.07, 6.45) is 0.482. The third kappa shape index (κ3) is 5.59. The monoisotopic (exact) mass is 272 g/mol. The van der Waals surface area contributed by atoms with Gasteiger partial charge < -0.3 is 4.84 Å².